The average Bonchev–Trinajstić information content (AvgIpc) is 2.14. The smallest absolute Gasteiger partial charge is 0.450 e. The number of nitrogens with zero attached hydrogens (tertiary/aromatic N) is 2. The molecule has 0 atom stereocenters. The molecule has 0 N–H and O–H groups in total. The number of azo groups is 1. The number of rotatable bonds is 1. The number of carbonyl (C=O) groups excluding carboxylic acids is 1. The molecule has 0 saturated heterocycles. The minimum absolute atomic E-state index is 0.512. The van der Waals surface area contributed by atoms with E-state index in [2.05, 4.69) is 15.0 Å². The van der Waals surface area contributed by atoms with Gasteiger partial charge in [-0.15, -0.1) is 5.11 Å². The normalized spacial score (nSPS) is 10.3. The van der Waals surface area contributed by atoms with E-state index < -0.39 is 6.09 Å². The lowest BCUT2D eigenvalue weighted by Crippen LogP contribution is -1.89. The quantitative estimate of drug-likeness (QED) is 0.651. The molecule has 4 nitrogen and oxygen atoms in total. The van der Waals surface area contributed by atoms with E-state index in [9.17, 15) is 4.79 Å². The van der Waals surface area contributed by atoms with E-state index in [1.54, 1.807) is 24.3 Å². The van der Waals surface area contributed by atoms with E-state index in [0.29, 0.717) is 10.7 Å². The Morgan fingerprint density at radius 1 is 1.54 bits per heavy atom. The van der Waals surface area contributed by atoms with E-state index in [1.165, 1.54) is 7.11 Å². The van der Waals surface area contributed by atoms with Gasteiger partial charge < -0.3 is 4.74 Å². The number of methoxy groups -OCH3 is 1. The second kappa shape index (κ2) is 4.57. The Morgan fingerprint density at radius 2 is 2.31 bits per heavy atom. The lowest BCUT2D eigenvalue weighted by Gasteiger charge is -1.91. The van der Waals surface area contributed by atoms with Gasteiger partial charge in [0.05, 0.1) is 12.8 Å². The summed E-state index contributed by atoms with van der Waals surface area (Å²) in [6, 6.07) is 6.69. The van der Waals surface area contributed by atoms with Crippen LogP contribution in [-0.2, 0) is 4.74 Å². The van der Waals surface area contributed by atoms with Gasteiger partial charge in [0, 0.05) is 5.02 Å². The summed E-state index contributed by atoms with van der Waals surface area (Å²) in [5.74, 6) is 0. The molecule has 5 heteroatoms. The van der Waals surface area contributed by atoms with Crippen molar-refractivity contribution in [1.82, 2.24) is 0 Å². The molecule has 0 unspecified atom stereocenters. The Morgan fingerprint density at radius 3 is 2.92 bits per heavy atom. The first-order chi connectivity index (χ1) is 6.22. The molecular formula is C8H7ClN2O2. The van der Waals surface area contributed by atoms with Crippen LogP contribution in [0.25, 0.3) is 0 Å². The summed E-state index contributed by atoms with van der Waals surface area (Å²) in [5.41, 5.74) is 0.512. The molecule has 1 rings (SSSR count). The Balaban J connectivity index is 2.74. The van der Waals surface area contributed by atoms with E-state index in [4.69, 9.17) is 11.6 Å². The van der Waals surface area contributed by atoms with Gasteiger partial charge in [-0.2, -0.15) is 0 Å². The van der Waals surface area contributed by atoms with Crippen LogP contribution < -0.4 is 0 Å². The lowest BCUT2D eigenvalue weighted by atomic mass is 10.3. The predicted octanol–water partition coefficient (Wildman–Crippen LogP) is 3.19. The van der Waals surface area contributed by atoms with Gasteiger partial charge in [0.15, 0.2) is 0 Å². The molecule has 0 aliphatic rings. The molecule has 1 aromatic rings. The fourth-order valence-corrected chi connectivity index (χ4v) is 0.862. The van der Waals surface area contributed by atoms with E-state index >= 15 is 0 Å². The summed E-state index contributed by atoms with van der Waals surface area (Å²) in [6.45, 7) is 0. The molecule has 0 aliphatic carbocycles. The number of carbonyl (C=O) groups is 1. The molecule has 1 aromatic carbocycles. The van der Waals surface area contributed by atoms with E-state index in [1.807, 2.05) is 0 Å². The van der Waals surface area contributed by atoms with Gasteiger partial charge in [-0.1, -0.05) is 22.8 Å². The molecule has 0 aliphatic heterocycles. The number of hydrogen-bond acceptors (Lipinski definition) is 3. The first kappa shape index (κ1) is 9.67. The van der Waals surface area contributed by atoms with E-state index in [0.717, 1.165) is 0 Å². The largest absolute Gasteiger partial charge is 0.452 e. The van der Waals surface area contributed by atoms with Crippen molar-refractivity contribution in [3.8, 4) is 0 Å². The van der Waals surface area contributed by atoms with Crippen LogP contribution in [-0.4, -0.2) is 13.2 Å². The first-order valence-corrected chi connectivity index (χ1v) is 3.85. The van der Waals surface area contributed by atoms with Crippen LogP contribution in [0.15, 0.2) is 34.5 Å². The van der Waals surface area contributed by atoms with Crippen LogP contribution >= 0.6 is 11.6 Å². The Labute approximate surface area is 80.2 Å². The summed E-state index contributed by atoms with van der Waals surface area (Å²) in [5, 5.41) is 7.41. The van der Waals surface area contributed by atoms with Gasteiger partial charge in [-0.05, 0) is 18.2 Å². The van der Waals surface area contributed by atoms with Gasteiger partial charge in [0.25, 0.3) is 0 Å². The molecule has 0 spiro atoms. The van der Waals surface area contributed by atoms with Crippen LogP contribution in [0.5, 0.6) is 0 Å². The number of amides is 1. The van der Waals surface area contributed by atoms with Crippen molar-refractivity contribution in [3.63, 3.8) is 0 Å². The molecule has 1 amide bonds. The third kappa shape index (κ3) is 3.21. The van der Waals surface area contributed by atoms with Crippen molar-refractivity contribution >= 4 is 23.4 Å². The highest BCUT2D eigenvalue weighted by Crippen LogP contribution is 2.17. The van der Waals surface area contributed by atoms with Crippen molar-refractivity contribution in [1.29, 1.82) is 0 Å². The average molecular weight is 199 g/mol. The maximum atomic E-state index is 10.6. The van der Waals surface area contributed by atoms with Crippen molar-refractivity contribution in [3.05, 3.63) is 29.3 Å². The van der Waals surface area contributed by atoms with Gasteiger partial charge >= 0.3 is 6.09 Å². The summed E-state index contributed by atoms with van der Waals surface area (Å²) >= 11 is 5.68. The van der Waals surface area contributed by atoms with Crippen LogP contribution in [0.1, 0.15) is 0 Å². The third-order valence-corrected chi connectivity index (χ3v) is 1.47. The molecular weight excluding hydrogens is 192 g/mol. The Hall–Kier alpha value is -1.42. The van der Waals surface area contributed by atoms with Crippen LogP contribution in [0, 0.1) is 0 Å². The summed E-state index contributed by atoms with van der Waals surface area (Å²) < 4.78 is 4.27. The standard InChI is InChI=1S/C8H7ClN2O2/c1-13-8(12)11-10-7-4-2-3-6(9)5-7/h2-5H,1H3. The number of halogens is 1. The van der Waals surface area contributed by atoms with Gasteiger partial charge in [0.2, 0.25) is 0 Å². The number of hydrogen-bond donors (Lipinski definition) is 0. The van der Waals surface area contributed by atoms with Crippen molar-refractivity contribution < 1.29 is 9.53 Å². The summed E-state index contributed by atoms with van der Waals surface area (Å²) in [4.78, 5) is 10.6. The SMILES string of the molecule is COC(=O)N=Nc1cccc(Cl)c1. The molecule has 0 bridgehead atoms. The maximum Gasteiger partial charge on any atom is 0.452 e. The molecule has 0 aromatic heterocycles. The minimum atomic E-state index is -0.736. The maximum absolute atomic E-state index is 10.6. The Bertz CT molecular complexity index is 339. The predicted molar refractivity (Wildman–Crippen MR) is 48.4 cm³/mol. The fraction of sp³-hybridized carbons (Fsp3) is 0.125. The van der Waals surface area contributed by atoms with Crippen molar-refractivity contribution in [2.75, 3.05) is 7.11 Å². The molecule has 68 valence electrons. The van der Waals surface area contributed by atoms with Gasteiger partial charge in [-0.25, -0.2) is 4.79 Å². The molecule has 0 fully saturated rings. The monoisotopic (exact) mass is 198 g/mol. The fourth-order valence-electron chi connectivity index (χ4n) is 0.678. The highest BCUT2D eigenvalue weighted by atomic mass is 35.5. The highest BCUT2D eigenvalue weighted by Gasteiger charge is 1.95. The zero-order valence-electron chi connectivity index (χ0n) is 6.90. The molecule has 0 saturated carbocycles. The second-order valence-corrected chi connectivity index (χ2v) is 2.59. The first-order valence-electron chi connectivity index (χ1n) is 3.47. The second-order valence-electron chi connectivity index (χ2n) is 2.15. The molecule has 13 heavy (non-hydrogen) atoms. The van der Waals surface area contributed by atoms with Gasteiger partial charge in [0.1, 0.15) is 0 Å². The van der Waals surface area contributed by atoms with Crippen LogP contribution in [0.4, 0.5) is 10.5 Å². The summed E-state index contributed by atoms with van der Waals surface area (Å²) in [6.07, 6.45) is -0.736. The Kier molecular flexibility index (Phi) is 3.40. The van der Waals surface area contributed by atoms with Crippen molar-refractivity contribution in [2.24, 2.45) is 10.2 Å². The highest BCUT2D eigenvalue weighted by molar-refractivity contribution is 6.30. The van der Waals surface area contributed by atoms with Crippen LogP contribution in [0.3, 0.4) is 0 Å². The minimum Gasteiger partial charge on any atom is -0.450 e. The number of ether oxygens (including phenoxy) is 1. The zero-order chi connectivity index (χ0) is 9.68. The van der Waals surface area contributed by atoms with Gasteiger partial charge in [-0.3, -0.25) is 0 Å². The molecule has 0 radical (unpaired) electrons. The van der Waals surface area contributed by atoms with Crippen molar-refractivity contribution in [2.45, 2.75) is 0 Å². The van der Waals surface area contributed by atoms with E-state index in [-0.39, 0.29) is 0 Å². The molecule has 0 heterocycles. The topological polar surface area (TPSA) is 51.0 Å². The van der Waals surface area contributed by atoms with Crippen LogP contribution in [0.2, 0.25) is 5.02 Å². The number of benzene rings is 1. The lowest BCUT2D eigenvalue weighted by molar-refractivity contribution is 0.181. The summed E-state index contributed by atoms with van der Waals surface area (Å²) in [7, 11) is 1.24. The zero-order valence-corrected chi connectivity index (χ0v) is 7.65. The third-order valence-electron chi connectivity index (χ3n) is 1.23.